The zero-order valence-corrected chi connectivity index (χ0v) is 15.1. The molecule has 1 aromatic heterocycles. The molecule has 1 heterocycles. The lowest BCUT2D eigenvalue weighted by molar-refractivity contribution is -0.137. The van der Waals surface area contributed by atoms with E-state index in [1.54, 1.807) is 30.3 Å². The standard InChI is InChI=1S/C20H14ClF3N2O2/c21-16-6-4-13(5-7-16)10-19(27)26-25-12-17-8-9-18(28-17)14-2-1-3-15(11-14)20(22,23)24/h1-9,11-12H,10H2,(H,26,27). The normalized spacial score (nSPS) is 11.7. The number of benzene rings is 2. The van der Waals surface area contributed by atoms with Crippen LogP contribution in [0.15, 0.2) is 70.2 Å². The Morgan fingerprint density at radius 1 is 1.11 bits per heavy atom. The second kappa shape index (κ2) is 8.31. The topological polar surface area (TPSA) is 54.6 Å². The highest BCUT2D eigenvalue weighted by Gasteiger charge is 2.30. The van der Waals surface area contributed by atoms with Crippen molar-refractivity contribution in [2.75, 3.05) is 0 Å². The van der Waals surface area contributed by atoms with Crippen molar-refractivity contribution in [3.8, 4) is 11.3 Å². The van der Waals surface area contributed by atoms with Crippen LogP contribution in [0.4, 0.5) is 13.2 Å². The van der Waals surface area contributed by atoms with E-state index in [1.165, 1.54) is 24.4 Å². The highest BCUT2D eigenvalue weighted by atomic mass is 35.5. The van der Waals surface area contributed by atoms with E-state index in [9.17, 15) is 18.0 Å². The maximum absolute atomic E-state index is 12.8. The van der Waals surface area contributed by atoms with Gasteiger partial charge in [0.15, 0.2) is 0 Å². The van der Waals surface area contributed by atoms with E-state index < -0.39 is 11.7 Å². The molecular weight excluding hydrogens is 393 g/mol. The molecule has 0 fully saturated rings. The van der Waals surface area contributed by atoms with Gasteiger partial charge < -0.3 is 4.42 Å². The van der Waals surface area contributed by atoms with Crippen molar-refractivity contribution >= 4 is 23.7 Å². The van der Waals surface area contributed by atoms with Gasteiger partial charge >= 0.3 is 6.18 Å². The molecule has 3 rings (SSSR count). The summed E-state index contributed by atoms with van der Waals surface area (Å²) in [6, 6.07) is 14.7. The summed E-state index contributed by atoms with van der Waals surface area (Å²) in [7, 11) is 0. The molecule has 8 heteroatoms. The second-order valence-electron chi connectivity index (χ2n) is 5.88. The molecule has 0 bridgehead atoms. The lowest BCUT2D eigenvalue weighted by Gasteiger charge is -2.07. The number of halogens is 4. The van der Waals surface area contributed by atoms with Crippen LogP contribution in [-0.4, -0.2) is 12.1 Å². The van der Waals surface area contributed by atoms with Gasteiger partial charge in [-0.05, 0) is 42.0 Å². The van der Waals surface area contributed by atoms with E-state index in [0.29, 0.717) is 16.3 Å². The van der Waals surface area contributed by atoms with Gasteiger partial charge in [-0.1, -0.05) is 35.9 Å². The van der Waals surface area contributed by atoms with Gasteiger partial charge in [0.25, 0.3) is 0 Å². The third-order valence-electron chi connectivity index (χ3n) is 3.76. The van der Waals surface area contributed by atoms with Crippen molar-refractivity contribution in [1.82, 2.24) is 5.43 Å². The molecule has 1 N–H and O–H groups in total. The van der Waals surface area contributed by atoms with Crippen molar-refractivity contribution < 1.29 is 22.4 Å². The Bertz CT molecular complexity index is 995. The fraction of sp³-hybridized carbons (Fsp3) is 0.100. The first-order chi connectivity index (χ1) is 13.3. The number of hydrogen-bond acceptors (Lipinski definition) is 3. The second-order valence-corrected chi connectivity index (χ2v) is 6.31. The highest BCUT2D eigenvalue weighted by Crippen LogP contribution is 2.32. The maximum atomic E-state index is 12.8. The van der Waals surface area contributed by atoms with E-state index in [2.05, 4.69) is 10.5 Å². The molecule has 3 aromatic rings. The summed E-state index contributed by atoms with van der Waals surface area (Å²) in [6.07, 6.45) is -3.03. The molecule has 4 nitrogen and oxygen atoms in total. The van der Waals surface area contributed by atoms with Gasteiger partial charge in [-0.3, -0.25) is 4.79 Å². The smallest absolute Gasteiger partial charge is 0.416 e. The third kappa shape index (κ3) is 5.23. The lowest BCUT2D eigenvalue weighted by atomic mass is 10.1. The molecular formula is C20H14ClF3N2O2. The number of carbonyl (C=O) groups excluding carboxylic acids is 1. The van der Waals surface area contributed by atoms with E-state index >= 15 is 0 Å². The van der Waals surface area contributed by atoms with Crippen LogP contribution in [0.25, 0.3) is 11.3 Å². The van der Waals surface area contributed by atoms with Crippen molar-refractivity contribution in [3.63, 3.8) is 0 Å². The lowest BCUT2D eigenvalue weighted by Crippen LogP contribution is -2.19. The highest BCUT2D eigenvalue weighted by molar-refractivity contribution is 6.30. The summed E-state index contributed by atoms with van der Waals surface area (Å²) in [5, 5.41) is 4.37. The molecule has 0 spiro atoms. The van der Waals surface area contributed by atoms with Crippen LogP contribution in [0.2, 0.25) is 5.02 Å². The van der Waals surface area contributed by atoms with Crippen LogP contribution >= 0.6 is 11.6 Å². The van der Waals surface area contributed by atoms with Gasteiger partial charge in [0.2, 0.25) is 5.91 Å². The first kappa shape index (κ1) is 19.7. The van der Waals surface area contributed by atoms with Crippen LogP contribution in [0.5, 0.6) is 0 Å². The number of hydrazone groups is 1. The van der Waals surface area contributed by atoms with Crippen LogP contribution in [0, 0.1) is 0 Å². The Morgan fingerprint density at radius 3 is 2.57 bits per heavy atom. The Labute approximate surface area is 163 Å². The largest absolute Gasteiger partial charge is 0.455 e. The molecule has 0 saturated heterocycles. The van der Waals surface area contributed by atoms with Gasteiger partial charge in [0.05, 0.1) is 18.2 Å². The molecule has 0 unspecified atom stereocenters. The van der Waals surface area contributed by atoms with Crippen LogP contribution in [-0.2, 0) is 17.4 Å². The zero-order chi connectivity index (χ0) is 20.1. The van der Waals surface area contributed by atoms with E-state index in [1.807, 2.05) is 0 Å². The summed E-state index contributed by atoms with van der Waals surface area (Å²) in [4.78, 5) is 11.9. The summed E-state index contributed by atoms with van der Waals surface area (Å²) in [6.45, 7) is 0. The van der Waals surface area contributed by atoms with Crippen LogP contribution < -0.4 is 5.43 Å². The molecule has 0 aliphatic carbocycles. The molecule has 0 atom stereocenters. The predicted octanol–water partition coefficient (Wildman–Crippen LogP) is 5.31. The molecule has 144 valence electrons. The first-order valence-electron chi connectivity index (χ1n) is 8.15. The number of rotatable bonds is 5. The number of alkyl halides is 3. The number of carbonyl (C=O) groups is 1. The summed E-state index contributed by atoms with van der Waals surface area (Å²) < 4.78 is 43.9. The van der Waals surface area contributed by atoms with Gasteiger partial charge in [0.1, 0.15) is 11.5 Å². The zero-order valence-electron chi connectivity index (χ0n) is 14.3. The maximum Gasteiger partial charge on any atom is 0.416 e. The number of amides is 1. The monoisotopic (exact) mass is 406 g/mol. The average molecular weight is 407 g/mol. The SMILES string of the molecule is O=C(Cc1ccc(Cl)cc1)NN=Cc1ccc(-c2cccc(C(F)(F)F)c2)o1. The molecule has 2 aromatic carbocycles. The fourth-order valence-electron chi connectivity index (χ4n) is 2.42. The number of nitrogens with zero attached hydrogens (tertiary/aromatic N) is 1. The van der Waals surface area contributed by atoms with Gasteiger partial charge in [0, 0.05) is 10.6 Å². The minimum absolute atomic E-state index is 0.127. The molecule has 1 amide bonds. The summed E-state index contributed by atoms with van der Waals surface area (Å²) in [5.41, 5.74) is 2.68. The quantitative estimate of drug-likeness (QED) is 0.461. The Morgan fingerprint density at radius 2 is 1.86 bits per heavy atom. The van der Waals surface area contributed by atoms with Gasteiger partial charge in [-0.2, -0.15) is 18.3 Å². The number of nitrogens with one attached hydrogen (secondary N) is 1. The van der Waals surface area contributed by atoms with Crippen molar-refractivity contribution in [3.05, 3.63) is 82.6 Å². The number of hydrogen-bond donors (Lipinski definition) is 1. The van der Waals surface area contributed by atoms with E-state index in [-0.39, 0.29) is 18.1 Å². The van der Waals surface area contributed by atoms with Crippen molar-refractivity contribution in [2.45, 2.75) is 12.6 Å². The Balaban J connectivity index is 1.61. The molecule has 0 saturated carbocycles. The minimum atomic E-state index is -4.43. The molecule has 0 aliphatic heterocycles. The number of furan rings is 1. The van der Waals surface area contributed by atoms with Crippen LogP contribution in [0.1, 0.15) is 16.9 Å². The van der Waals surface area contributed by atoms with Crippen molar-refractivity contribution in [2.24, 2.45) is 5.10 Å². The minimum Gasteiger partial charge on any atom is -0.455 e. The predicted molar refractivity (Wildman–Crippen MR) is 100 cm³/mol. The third-order valence-corrected chi connectivity index (χ3v) is 4.01. The van der Waals surface area contributed by atoms with Gasteiger partial charge in [-0.15, -0.1) is 0 Å². The van der Waals surface area contributed by atoms with E-state index in [4.69, 9.17) is 16.0 Å². The van der Waals surface area contributed by atoms with E-state index in [0.717, 1.165) is 17.7 Å². The summed E-state index contributed by atoms with van der Waals surface area (Å²) in [5.74, 6) is 0.225. The molecule has 0 radical (unpaired) electrons. The average Bonchev–Trinajstić information content (AvgIpc) is 3.12. The first-order valence-corrected chi connectivity index (χ1v) is 8.53. The Hall–Kier alpha value is -3.06. The molecule has 0 aliphatic rings. The molecule has 28 heavy (non-hydrogen) atoms. The van der Waals surface area contributed by atoms with Crippen LogP contribution in [0.3, 0.4) is 0 Å². The van der Waals surface area contributed by atoms with Gasteiger partial charge in [-0.25, -0.2) is 5.43 Å². The summed E-state index contributed by atoms with van der Waals surface area (Å²) >= 11 is 5.79. The Kier molecular flexibility index (Phi) is 5.84. The van der Waals surface area contributed by atoms with Crippen molar-refractivity contribution in [1.29, 1.82) is 0 Å². The fourth-order valence-corrected chi connectivity index (χ4v) is 2.55.